The minimum Gasteiger partial charge on any atom is -0.184 e. The minimum absolute atomic E-state index is 0.167. The number of benzene rings is 4. The summed E-state index contributed by atoms with van der Waals surface area (Å²) in [5.41, 5.74) is 10.1. The van der Waals surface area contributed by atoms with Crippen LogP contribution in [0.2, 0.25) is 0 Å². The van der Waals surface area contributed by atoms with Crippen molar-refractivity contribution in [2.24, 2.45) is 0 Å². The van der Waals surface area contributed by atoms with Crippen molar-refractivity contribution in [3.63, 3.8) is 0 Å². The Labute approximate surface area is 272 Å². The van der Waals surface area contributed by atoms with Crippen LogP contribution in [0.4, 0.5) is 0 Å². The molecule has 0 heterocycles. The SMILES string of the molecule is CC(C)(C)c1[c-]c2c(cc1)-c1ccc(C(C)(C)C)cc1C2.CCc1cc[c-]cc1.[C-]1=CC=CC1.[CH2]=[Zr].[c-]1ccccc1. The maximum absolute atomic E-state index is 3.67. The number of aryl methyl sites for hydroxylation is 1. The van der Waals surface area contributed by atoms with E-state index in [0.29, 0.717) is 0 Å². The summed E-state index contributed by atoms with van der Waals surface area (Å²) in [5, 5.41) is 0. The third-order valence-electron chi connectivity index (χ3n) is 6.85. The van der Waals surface area contributed by atoms with Crippen molar-refractivity contribution in [1.29, 1.82) is 0 Å². The first kappa shape index (κ1) is 35.3. The molecular formula is C41H46Zr-4. The smallest absolute Gasteiger partial charge is 0.171 e. The molecule has 6 rings (SSSR count). The average Bonchev–Trinajstić information content (AvgIpc) is 3.71. The molecule has 4 aromatic carbocycles. The third kappa shape index (κ3) is 11.8. The molecule has 0 N–H and O–H groups in total. The van der Waals surface area contributed by atoms with Crippen molar-refractivity contribution < 1.29 is 24.2 Å². The molecule has 0 saturated heterocycles. The number of fused-ring (bicyclic) bond motifs is 3. The summed E-state index contributed by atoms with van der Waals surface area (Å²) in [4.78, 5) is 0. The van der Waals surface area contributed by atoms with Crippen LogP contribution in [0.3, 0.4) is 0 Å². The molecule has 0 radical (unpaired) electrons. The van der Waals surface area contributed by atoms with E-state index in [-0.39, 0.29) is 10.8 Å². The monoisotopic (exact) mass is 628 g/mol. The van der Waals surface area contributed by atoms with E-state index >= 15 is 0 Å². The van der Waals surface area contributed by atoms with E-state index in [2.05, 4.69) is 125 Å². The van der Waals surface area contributed by atoms with Crippen LogP contribution < -0.4 is 0 Å². The van der Waals surface area contributed by atoms with E-state index < -0.39 is 0 Å². The van der Waals surface area contributed by atoms with E-state index in [4.69, 9.17) is 0 Å². The molecule has 0 spiro atoms. The molecule has 2 aliphatic rings. The molecule has 0 aromatic heterocycles. The molecule has 0 saturated carbocycles. The van der Waals surface area contributed by atoms with Gasteiger partial charge in [-0.2, -0.15) is 102 Å². The Bertz CT molecular complexity index is 1280. The second-order valence-corrected chi connectivity index (χ2v) is 12.2. The van der Waals surface area contributed by atoms with Gasteiger partial charge in [-0.05, 0) is 28.4 Å². The summed E-state index contributed by atoms with van der Waals surface area (Å²) >= 11 is 1.30. The summed E-state index contributed by atoms with van der Waals surface area (Å²) in [6.07, 6.45) is 12.1. The van der Waals surface area contributed by atoms with E-state index in [9.17, 15) is 0 Å². The molecule has 1 heteroatoms. The molecule has 42 heavy (non-hydrogen) atoms. The number of rotatable bonds is 1. The standard InChI is InChI=1S/C21H25.C8H9.C6H5.C5H5.CH2.Zr/c1-20(2,3)16-7-9-18-14(12-16)11-15-13-17(21(4,5)6)8-10-19(15)18;1-2-8-6-4-3-5-7-8;1-2-4-6-5-3-1;1-2-4-5-3-1;;/h7-10,12H,11H2,1-6H3;4-7H,2H2,1H3;1-5H;1-3H,4H2;1H2;/q4*-1;;. The zero-order valence-corrected chi connectivity index (χ0v) is 29.1. The van der Waals surface area contributed by atoms with Crippen LogP contribution in [-0.4, -0.2) is 4.21 Å². The first-order chi connectivity index (χ1) is 20.1. The van der Waals surface area contributed by atoms with Crippen LogP contribution in [0.5, 0.6) is 0 Å². The van der Waals surface area contributed by atoms with Gasteiger partial charge in [0.1, 0.15) is 0 Å². The van der Waals surface area contributed by atoms with Gasteiger partial charge in [0.2, 0.25) is 0 Å². The first-order valence-electron chi connectivity index (χ1n) is 14.7. The Morgan fingerprint density at radius 1 is 0.762 bits per heavy atom. The Kier molecular flexibility index (Phi) is 15.1. The van der Waals surface area contributed by atoms with E-state index in [1.165, 1.54) is 63.2 Å². The molecule has 0 bridgehead atoms. The molecule has 0 aliphatic heterocycles. The molecule has 4 aromatic rings. The van der Waals surface area contributed by atoms with Gasteiger partial charge >= 0.3 is 28.4 Å². The quantitative estimate of drug-likeness (QED) is 0.162. The maximum atomic E-state index is 3.67. The van der Waals surface area contributed by atoms with Gasteiger partial charge < -0.3 is 0 Å². The molecule has 218 valence electrons. The van der Waals surface area contributed by atoms with Gasteiger partial charge in [0.25, 0.3) is 0 Å². The zero-order valence-electron chi connectivity index (χ0n) is 26.6. The zero-order chi connectivity index (χ0) is 31.0. The van der Waals surface area contributed by atoms with Gasteiger partial charge in [0.15, 0.2) is 0 Å². The van der Waals surface area contributed by atoms with E-state index in [1.54, 1.807) is 0 Å². The van der Waals surface area contributed by atoms with Gasteiger partial charge in [-0.15, -0.1) is 17.5 Å². The van der Waals surface area contributed by atoms with Crippen LogP contribution in [0.15, 0.2) is 103 Å². The largest absolute Gasteiger partial charge is 0.184 e. The average molecular weight is 630 g/mol. The summed E-state index contributed by atoms with van der Waals surface area (Å²) in [5.74, 6) is 0. The predicted octanol–water partition coefficient (Wildman–Crippen LogP) is 10.5. The molecule has 0 fully saturated rings. The van der Waals surface area contributed by atoms with Crippen LogP contribution in [0, 0.1) is 24.3 Å². The number of allylic oxidation sites excluding steroid dienone is 4. The van der Waals surface area contributed by atoms with Gasteiger partial charge in [-0.3, -0.25) is 6.08 Å². The van der Waals surface area contributed by atoms with Crippen LogP contribution in [0.25, 0.3) is 11.1 Å². The fraction of sp³-hybridized carbons (Fsp3) is 0.293. The molecule has 0 atom stereocenters. The normalized spacial score (nSPS) is 12.0. The molecular weight excluding hydrogens is 584 g/mol. The Morgan fingerprint density at radius 3 is 1.83 bits per heavy atom. The molecule has 0 nitrogen and oxygen atoms in total. The third-order valence-corrected chi connectivity index (χ3v) is 6.85. The van der Waals surface area contributed by atoms with Gasteiger partial charge in [0, 0.05) is 0 Å². The van der Waals surface area contributed by atoms with Gasteiger partial charge in [-0.1, -0.05) is 78.6 Å². The minimum atomic E-state index is 0.167. The molecule has 0 amide bonds. The van der Waals surface area contributed by atoms with E-state index in [0.717, 1.165) is 19.3 Å². The number of hydrogen-bond donors (Lipinski definition) is 0. The fourth-order valence-corrected chi connectivity index (χ4v) is 4.37. The van der Waals surface area contributed by atoms with Gasteiger partial charge in [-0.25, -0.2) is 12.2 Å². The second kappa shape index (κ2) is 17.9. The van der Waals surface area contributed by atoms with Crippen molar-refractivity contribution in [3.05, 3.63) is 155 Å². The first-order valence-corrected chi connectivity index (χ1v) is 16.5. The van der Waals surface area contributed by atoms with Crippen molar-refractivity contribution in [3.8, 4) is 11.1 Å². The summed E-state index contributed by atoms with van der Waals surface area (Å²) in [6.45, 7) is 15.7. The molecule has 0 unspecified atom stereocenters. The van der Waals surface area contributed by atoms with Crippen LogP contribution >= 0.6 is 0 Å². The van der Waals surface area contributed by atoms with Crippen molar-refractivity contribution in [2.45, 2.75) is 78.6 Å². The summed E-state index contributed by atoms with van der Waals surface area (Å²) < 4.78 is 3.34. The fourth-order valence-electron chi connectivity index (χ4n) is 4.37. The van der Waals surface area contributed by atoms with Crippen LogP contribution in [-0.2, 0) is 47.9 Å². The van der Waals surface area contributed by atoms with Gasteiger partial charge in [0.05, 0.1) is 0 Å². The Hall–Kier alpha value is -2.89. The van der Waals surface area contributed by atoms with Crippen molar-refractivity contribution >= 4 is 4.21 Å². The van der Waals surface area contributed by atoms with Crippen molar-refractivity contribution in [2.75, 3.05) is 0 Å². The Balaban J connectivity index is 0.000000238. The Morgan fingerprint density at radius 2 is 1.40 bits per heavy atom. The predicted molar refractivity (Wildman–Crippen MR) is 180 cm³/mol. The van der Waals surface area contributed by atoms with Crippen LogP contribution in [0.1, 0.15) is 82.7 Å². The maximum Gasteiger partial charge on any atom is -0.171 e. The topological polar surface area (TPSA) is 0 Å². The second-order valence-electron chi connectivity index (χ2n) is 12.2. The van der Waals surface area contributed by atoms with E-state index in [1.807, 2.05) is 54.6 Å². The van der Waals surface area contributed by atoms with Crippen molar-refractivity contribution in [1.82, 2.24) is 0 Å². The summed E-state index contributed by atoms with van der Waals surface area (Å²) in [7, 11) is 0. The number of hydrogen-bond acceptors (Lipinski definition) is 0. The molecule has 2 aliphatic carbocycles. The summed E-state index contributed by atoms with van der Waals surface area (Å²) in [6, 6.07) is 38.7.